The molecule has 0 spiro atoms. The normalized spacial score (nSPS) is 15.1. The molecule has 138 valence electrons. The first-order valence-corrected chi connectivity index (χ1v) is 8.69. The number of nitrogens with zero attached hydrogens (tertiary/aromatic N) is 5. The predicted octanol–water partition coefficient (Wildman–Crippen LogP) is 1.32. The molecular weight excluding hydrogens is 330 g/mol. The van der Waals surface area contributed by atoms with Gasteiger partial charge < -0.3 is 21.3 Å². The van der Waals surface area contributed by atoms with Crippen LogP contribution in [0.25, 0.3) is 11.1 Å². The number of pyridine rings is 1. The Labute approximate surface area is 153 Å². The van der Waals surface area contributed by atoms with Crippen molar-refractivity contribution in [2.75, 3.05) is 43.6 Å². The Bertz CT molecular complexity index is 796. The molecule has 1 amide bonds. The first kappa shape index (κ1) is 17.9. The second kappa shape index (κ2) is 7.15. The summed E-state index contributed by atoms with van der Waals surface area (Å²) < 4.78 is 0. The first-order valence-electron chi connectivity index (χ1n) is 8.69. The van der Waals surface area contributed by atoms with Gasteiger partial charge in [-0.25, -0.2) is 9.97 Å². The Hall–Kier alpha value is -2.90. The third-order valence-corrected chi connectivity index (χ3v) is 4.75. The van der Waals surface area contributed by atoms with Crippen molar-refractivity contribution in [3.8, 4) is 11.1 Å². The van der Waals surface area contributed by atoms with E-state index in [4.69, 9.17) is 11.5 Å². The molecule has 4 N–H and O–H groups in total. The van der Waals surface area contributed by atoms with Crippen LogP contribution >= 0.6 is 0 Å². The van der Waals surface area contributed by atoms with Crippen molar-refractivity contribution in [3.63, 3.8) is 0 Å². The molecule has 1 fully saturated rings. The highest BCUT2D eigenvalue weighted by Crippen LogP contribution is 2.34. The molecule has 1 aliphatic rings. The molecule has 8 nitrogen and oxygen atoms in total. The van der Waals surface area contributed by atoms with Gasteiger partial charge in [0.25, 0.3) is 0 Å². The second-order valence-corrected chi connectivity index (χ2v) is 6.83. The summed E-state index contributed by atoms with van der Waals surface area (Å²) in [5.41, 5.74) is 14.2. The van der Waals surface area contributed by atoms with Crippen molar-refractivity contribution in [3.05, 3.63) is 24.0 Å². The molecule has 0 bridgehead atoms. The number of anilines is 3. The van der Waals surface area contributed by atoms with E-state index < -0.39 is 0 Å². The van der Waals surface area contributed by atoms with E-state index in [9.17, 15) is 4.79 Å². The molecule has 0 saturated carbocycles. The Morgan fingerprint density at radius 2 is 1.88 bits per heavy atom. The Morgan fingerprint density at radius 3 is 2.46 bits per heavy atom. The van der Waals surface area contributed by atoms with Gasteiger partial charge in [0.15, 0.2) is 0 Å². The molecule has 3 heterocycles. The maximum Gasteiger partial charge on any atom is 0.225 e. The summed E-state index contributed by atoms with van der Waals surface area (Å²) in [6.45, 7) is 3.40. The number of hydrogen-bond donors (Lipinski definition) is 2. The third kappa shape index (κ3) is 3.54. The molecule has 0 aliphatic carbocycles. The summed E-state index contributed by atoms with van der Waals surface area (Å²) in [7, 11) is 3.60. The van der Waals surface area contributed by atoms with Crippen LogP contribution in [0.2, 0.25) is 0 Å². The van der Waals surface area contributed by atoms with Gasteiger partial charge in [-0.05, 0) is 31.9 Å². The molecule has 0 atom stereocenters. The number of nitrogen functional groups attached to an aromatic ring is 2. The highest BCUT2D eigenvalue weighted by atomic mass is 16.2. The standard InChI is InChI=1S/C18H25N7O/c1-11-15(13-4-5-14(19)21-10-13)16(23-18(20)22-11)25-8-6-12(7-9-25)17(26)24(2)3/h4-5,10,12H,6-9H2,1-3H3,(H2,19,21)(H2,20,22,23). The van der Waals surface area contributed by atoms with Crippen LogP contribution in [-0.2, 0) is 4.79 Å². The smallest absolute Gasteiger partial charge is 0.225 e. The van der Waals surface area contributed by atoms with Crippen LogP contribution in [0, 0.1) is 12.8 Å². The summed E-state index contributed by atoms with van der Waals surface area (Å²) in [6, 6.07) is 3.67. The number of nitrogens with two attached hydrogens (primary N) is 2. The SMILES string of the molecule is Cc1nc(N)nc(N2CCC(C(=O)N(C)C)CC2)c1-c1ccc(N)nc1. The van der Waals surface area contributed by atoms with Crippen LogP contribution in [0.15, 0.2) is 18.3 Å². The van der Waals surface area contributed by atoms with Crippen LogP contribution in [0.4, 0.5) is 17.6 Å². The van der Waals surface area contributed by atoms with E-state index >= 15 is 0 Å². The summed E-state index contributed by atoms with van der Waals surface area (Å²) in [6.07, 6.45) is 3.31. The van der Waals surface area contributed by atoms with Gasteiger partial charge in [0.2, 0.25) is 11.9 Å². The van der Waals surface area contributed by atoms with E-state index in [0.717, 1.165) is 48.6 Å². The van der Waals surface area contributed by atoms with Crippen molar-refractivity contribution in [2.24, 2.45) is 5.92 Å². The van der Waals surface area contributed by atoms with Crippen molar-refractivity contribution < 1.29 is 4.79 Å². The fraction of sp³-hybridized carbons (Fsp3) is 0.444. The lowest BCUT2D eigenvalue weighted by Crippen LogP contribution is -2.40. The van der Waals surface area contributed by atoms with Crippen LogP contribution < -0.4 is 16.4 Å². The molecule has 0 aromatic carbocycles. The Kier molecular flexibility index (Phi) is 4.92. The number of carbonyl (C=O) groups is 1. The number of amides is 1. The zero-order chi connectivity index (χ0) is 18.8. The summed E-state index contributed by atoms with van der Waals surface area (Å²) >= 11 is 0. The van der Waals surface area contributed by atoms with Gasteiger partial charge in [-0.3, -0.25) is 4.79 Å². The molecule has 1 aliphatic heterocycles. The average molecular weight is 355 g/mol. The van der Waals surface area contributed by atoms with E-state index in [2.05, 4.69) is 19.9 Å². The molecule has 2 aromatic heterocycles. The number of rotatable bonds is 3. The number of carbonyl (C=O) groups excluding carboxylic acids is 1. The topological polar surface area (TPSA) is 114 Å². The summed E-state index contributed by atoms with van der Waals surface area (Å²) in [4.78, 5) is 29.0. The fourth-order valence-corrected chi connectivity index (χ4v) is 3.40. The number of hydrogen-bond acceptors (Lipinski definition) is 7. The van der Waals surface area contributed by atoms with E-state index in [-0.39, 0.29) is 17.8 Å². The molecule has 2 aromatic rings. The van der Waals surface area contributed by atoms with Gasteiger partial charge >= 0.3 is 0 Å². The van der Waals surface area contributed by atoms with Gasteiger partial charge in [-0.1, -0.05) is 0 Å². The molecule has 26 heavy (non-hydrogen) atoms. The number of aromatic nitrogens is 3. The lowest BCUT2D eigenvalue weighted by Gasteiger charge is -2.34. The van der Waals surface area contributed by atoms with Crippen molar-refractivity contribution in [2.45, 2.75) is 19.8 Å². The van der Waals surface area contributed by atoms with Crippen LogP contribution in [0.3, 0.4) is 0 Å². The molecule has 3 rings (SSSR count). The highest BCUT2D eigenvalue weighted by molar-refractivity contribution is 5.80. The third-order valence-electron chi connectivity index (χ3n) is 4.75. The number of aryl methyl sites for hydroxylation is 1. The van der Waals surface area contributed by atoms with Crippen LogP contribution in [-0.4, -0.2) is 52.9 Å². The lowest BCUT2D eigenvalue weighted by molar-refractivity contribution is -0.133. The van der Waals surface area contributed by atoms with Gasteiger partial charge in [-0.2, -0.15) is 4.98 Å². The molecule has 8 heteroatoms. The molecule has 1 saturated heterocycles. The molecule has 0 unspecified atom stereocenters. The van der Waals surface area contributed by atoms with Crippen molar-refractivity contribution in [1.29, 1.82) is 0 Å². The Morgan fingerprint density at radius 1 is 1.19 bits per heavy atom. The predicted molar refractivity (Wildman–Crippen MR) is 102 cm³/mol. The minimum atomic E-state index is 0.0585. The van der Waals surface area contributed by atoms with Crippen molar-refractivity contribution in [1.82, 2.24) is 19.9 Å². The Balaban J connectivity index is 1.91. The van der Waals surface area contributed by atoms with Crippen molar-refractivity contribution >= 4 is 23.5 Å². The van der Waals surface area contributed by atoms with E-state index in [1.165, 1.54) is 0 Å². The van der Waals surface area contributed by atoms with E-state index in [0.29, 0.717) is 5.82 Å². The molecular formula is C18H25N7O. The summed E-state index contributed by atoms with van der Waals surface area (Å²) in [5.74, 6) is 1.75. The second-order valence-electron chi connectivity index (χ2n) is 6.83. The van der Waals surface area contributed by atoms with Gasteiger partial charge in [0, 0.05) is 50.4 Å². The van der Waals surface area contributed by atoms with Crippen LogP contribution in [0.1, 0.15) is 18.5 Å². The minimum absolute atomic E-state index is 0.0585. The maximum absolute atomic E-state index is 12.2. The highest BCUT2D eigenvalue weighted by Gasteiger charge is 2.28. The monoisotopic (exact) mass is 355 g/mol. The van der Waals surface area contributed by atoms with E-state index in [1.807, 2.05) is 13.0 Å². The largest absolute Gasteiger partial charge is 0.384 e. The zero-order valence-corrected chi connectivity index (χ0v) is 15.4. The van der Waals surface area contributed by atoms with Gasteiger partial charge in [-0.15, -0.1) is 0 Å². The van der Waals surface area contributed by atoms with E-state index in [1.54, 1.807) is 31.3 Å². The quantitative estimate of drug-likeness (QED) is 0.853. The maximum atomic E-state index is 12.2. The molecule has 0 radical (unpaired) electrons. The van der Waals surface area contributed by atoms with Gasteiger partial charge in [0.05, 0.1) is 5.69 Å². The zero-order valence-electron chi connectivity index (χ0n) is 15.4. The summed E-state index contributed by atoms with van der Waals surface area (Å²) in [5, 5.41) is 0. The minimum Gasteiger partial charge on any atom is -0.384 e. The fourth-order valence-electron chi connectivity index (χ4n) is 3.40. The number of piperidine rings is 1. The average Bonchev–Trinajstić information content (AvgIpc) is 2.61. The first-order chi connectivity index (χ1) is 12.4. The van der Waals surface area contributed by atoms with Crippen LogP contribution in [0.5, 0.6) is 0 Å². The lowest BCUT2D eigenvalue weighted by atomic mass is 9.95. The van der Waals surface area contributed by atoms with Gasteiger partial charge in [0.1, 0.15) is 11.6 Å².